The fraction of sp³-hybridized carbons (Fsp3) is 0.237. The van der Waals surface area contributed by atoms with Crippen molar-refractivity contribution in [1.29, 1.82) is 0 Å². The quantitative estimate of drug-likeness (QED) is 0.133. The number of nitrogens with zero attached hydrogens (tertiary/aromatic N) is 4. The number of hydrogen-bond acceptors (Lipinski definition) is 14. The van der Waals surface area contributed by atoms with Crippen LogP contribution in [-0.4, -0.2) is 67.9 Å². The van der Waals surface area contributed by atoms with Crippen LogP contribution in [0.3, 0.4) is 0 Å². The molecule has 0 amide bonds. The van der Waals surface area contributed by atoms with Crippen molar-refractivity contribution in [2.45, 2.75) is 36.4 Å². The molecule has 4 N–H and O–H groups in total. The first-order valence-corrected chi connectivity index (χ1v) is 21.5. The molecule has 2 aromatic heterocycles. The lowest BCUT2D eigenvalue weighted by atomic mass is 9.98. The summed E-state index contributed by atoms with van der Waals surface area (Å²) in [6, 6.07) is 31.8. The van der Waals surface area contributed by atoms with Crippen LogP contribution < -0.4 is 10.6 Å². The van der Waals surface area contributed by atoms with Crippen LogP contribution in [0.15, 0.2) is 110 Å². The number of aliphatic hydroxyl groups excluding tert-OH is 2. The minimum absolute atomic E-state index is 0.0333. The molecule has 4 aromatic carbocycles. The molecule has 0 saturated carbocycles. The van der Waals surface area contributed by atoms with Crippen LogP contribution in [0.2, 0.25) is 0 Å². The molecule has 1 fully saturated rings. The fourth-order valence-electron chi connectivity index (χ4n) is 7.76. The van der Waals surface area contributed by atoms with Crippen molar-refractivity contribution in [2.75, 3.05) is 25.6 Å². The summed E-state index contributed by atoms with van der Waals surface area (Å²) in [5, 5.41) is 21.8. The molecule has 17 heteroatoms. The summed E-state index contributed by atoms with van der Waals surface area (Å²) in [5.74, 6) is -0.437. The van der Waals surface area contributed by atoms with Gasteiger partial charge in [-0.25, -0.2) is 19.3 Å². The second-order valence-corrected chi connectivity index (χ2v) is 18.0. The van der Waals surface area contributed by atoms with Gasteiger partial charge in [0.05, 0.1) is 26.1 Å². The van der Waals surface area contributed by atoms with Crippen molar-refractivity contribution in [1.82, 2.24) is 19.5 Å². The van der Waals surface area contributed by atoms with Crippen molar-refractivity contribution < 1.29 is 42.3 Å². The Hall–Kier alpha value is -4.21. The number of aliphatic hydroxyl groups is 2. The van der Waals surface area contributed by atoms with Crippen molar-refractivity contribution in [2.24, 2.45) is 0 Å². The molecule has 0 radical (unpaired) electrons. The number of rotatable bonds is 12. The van der Waals surface area contributed by atoms with E-state index in [-0.39, 0.29) is 42.0 Å². The number of nitrogen functional groups attached to an aromatic ring is 1. The zero-order valence-corrected chi connectivity index (χ0v) is 31.5. The second kappa shape index (κ2) is 14.4. The Morgan fingerprint density at radius 1 is 0.727 bits per heavy atom. The molecule has 1 saturated heterocycles. The van der Waals surface area contributed by atoms with Gasteiger partial charge < -0.3 is 39.1 Å². The number of fused-ring (bicyclic) bond motifs is 7. The predicted molar refractivity (Wildman–Crippen MR) is 204 cm³/mol. The summed E-state index contributed by atoms with van der Waals surface area (Å²) >= 11 is 5.87. The first kappa shape index (κ1) is 36.4. The number of anilines is 1. The van der Waals surface area contributed by atoms with Gasteiger partial charge in [0, 0.05) is 11.8 Å². The number of phosphoric ester groups is 1. The van der Waals surface area contributed by atoms with Crippen molar-refractivity contribution in [3.8, 4) is 22.3 Å². The Bertz CT molecular complexity index is 2330. The van der Waals surface area contributed by atoms with E-state index in [1.54, 1.807) is 0 Å². The molecular formula is C38H34N5O9P2S-. The molecule has 2 aliphatic carbocycles. The molecular weight excluding hydrogens is 764 g/mol. The van der Waals surface area contributed by atoms with Crippen LogP contribution in [0.1, 0.15) is 40.3 Å². The Labute approximate surface area is 320 Å². The zero-order chi connectivity index (χ0) is 37.9. The number of ether oxygens (including phenoxy) is 1. The summed E-state index contributed by atoms with van der Waals surface area (Å²) in [5.41, 5.74) is 14.6. The topological polar surface area (TPSA) is 196 Å². The number of imidazole rings is 1. The van der Waals surface area contributed by atoms with Crippen LogP contribution in [0.4, 0.5) is 5.82 Å². The van der Waals surface area contributed by atoms with E-state index in [0.29, 0.717) is 0 Å². The first-order chi connectivity index (χ1) is 26.6. The normalized spacial score (nSPS) is 21.7. The maximum absolute atomic E-state index is 13.6. The highest BCUT2D eigenvalue weighted by Gasteiger charge is 2.45. The second-order valence-electron chi connectivity index (χ2n) is 13.4. The summed E-state index contributed by atoms with van der Waals surface area (Å²) in [6.07, 6.45) is -3.00. The third-order valence-electron chi connectivity index (χ3n) is 10.3. The third-order valence-corrected chi connectivity index (χ3v) is 14.5. The third kappa shape index (κ3) is 6.65. The average Bonchev–Trinajstić information content (AvgIpc) is 3.93. The lowest BCUT2D eigenvalue weighted by Crippen LogP contribution is -2.34. The van der Waals surface area contributed by atoms with Crippen molar-refractivity contribution in [3.05, 3.63) is 132 Å². The highest BCUT2D eigenvalue weighted by Crippen LogP contribution is 2.64. The molecule has 3 heterocycles. The van der Waals surface area contributed by atoms with Crippen LogP contribution >= 0.6 is 14.5 Å². The molecule has 6 aromatic rings. The number of benzene rings is 4. The number of phosphoric acid groups is 1. The summed E-state index contributed by atoms with van der Waals surface area (Å²) in [4.78, 5) is 25.9. The Balaban J connectivity index is 0.956. The molecule has 5 atom stereocenters. The first-order valence-electron chi connectivity index (χ1n) is 17.5. The summed E-state index contributed by atoms with van der Waals surface area (Å²) in [7, 11) is -5.31. The highest BCUT2D eigenvalue weighted by atomic mass is 32.5. The summed E-state index contributed by atoms with van der Waals surface area (Å²) < 4.78 is 44.4. The lowest BCUT2D eigenvalue weighted by Gasteiger charge is -2.31. The largest absolute Gasteiger partial charge is 0.756 e. The molecule has 55 heavy (non-hydrogen) atoms. The molecule has 0 spiro atoms. The monoisotopic (exact) mass is 798 g/mol. The van der Waals surface area contributed by atoms with Gasteiger partial charge >= 0.3 is 6.72 Å². The SMILES string of the molecule is Nc1ncnc2c1ncn2C1OC(COP(=O)([O-])OP(=S)(OCC2c3ccccc3-c3ccccc32)OCC2c3ccccc3-c3ccccc32)C(O)C1O. The number of nitrogens with two attached hydrogens (primary N) is 1. The minimum atomic E-state index is -5.31. The molecule has 3 aliphatic rings. The maximum atomic E-state index is 13.6. The lowest BCUT2D eigenvalue weighted by molar-refractivity contribution is -0.220. The van der Waals surface area contributed by atoms with E-state index in [9.17, 15) is 19.7 Å². The average molecular weight is 799 g/mol. The van der Waals surface area contributed by atoms with E-state index in [2.05, 4.69) is 15.0 Å². The van der Waals surface area contributed by atoms with E-state index >= 15 is 0 Å². The van der Waals surface area contributed by atoms with Gasteiger partial charge in [0.15, 0.2) is 17.7 Å². The standard InChI is InChI=1S/C38H35N5O9P2S/c39-36-33-37(41-20-40-36)43(21-42-33)38-35(45)34(44)32(51-38)19-48-53(46,47)52-54(55,49-17-30-26-13-5-1-9-22(26)23-10-2-6-14-27(23)30)50-18-31-28-15-7-3-11-24(28)25-12-4-8-16-29(25)31/h1-16,20-21,30-32,34-35,38,44-45H,17-19H2,(H,46,47)(H2,39,40,41)/p-1. The van der Waals surface area contributed by atoms with Gasteiger partial charge in [0.25, 0.3) is 7.82 Å². The Morgan fingerprint density at radius 2 is 1.22 bits per heavy atom. The van der Waals surface area contributed by atoms with Gasteiger partial charge in [0.2, 0.25) is 0 Å². The fourth-order valence-corrected chi connectivity index (χ4v) is 11.5. The molecule has 282 valence electrons. The molecule has 5 unspecified atom stereocenters. The van der Waals surface area contributed by atoms with E-state index in [1.807, 2.05) is 97.1 Å². The minimum Gasteiger partial charge on any atom is -0.756 e. The number of hydrogen-bond donors (Lipinski definition) is 3. The maximum Gasteiger partial charge on any atom is 0.333 e. The van der Waals surface area contributed by atoms with E-state index in [0.717, 1.165) is 44.5 Å². The van der Waals surface area contributed by atoms with Crippen LogP contribution in [0, 0.1) is 0 Å². The van der Waals surface area contributed by atoms with E-state index in [4.69, 9.17) is 40.2 Å². The Morgan fingerprint density at radius 3 is 1.73 bits per heavy atom. The molecule has 0 bridgehead atoms. The van der Waals surface area contributed by atoms with Gasteiger partial charge in [0.1, 0.15) is 30.2 Å². The Kier molecular flexibility index (Phi) is 9.52. The van der Waals surface area contributed by atoms with Crippen molar-refractivity contribution >= 4 is 43.3 Å². The van der Waals surface area contributed by atoms with E-state index in [1.165, 1.54) is 17.2 Å². The molecule has 9 rings (SSSR count). The van der Waals surface area contributed by atoms with Crippen LogP contribution in [-0.2, 0) is 39.0 Å². The zero-order valence-electron chi connectivity index (χ0n) is 28.9. The summed E-state index contributed by atoms with van der Waals surface area (Å²) in [6.45, 7) is -4.91. The highest BCUT2D eigenvalue weighted by molar-refractivity contribution is 8.08. The smallest absolute Gasteiger partial charge is 0.333 e. The van der Waals surface area contributed by atoms with Crippen LogP contribution in [0.5, 0.6) is 0 Å². The van der Waals surface area contributed by atoms with Gasteiger partial charge in [-0.1, -0.05) is 97.1 Å². The van der Waals surface area contributed by atoms with Gasteiger partial charge in [-0.05, 0) is 56.3 Å². The van der Waals surface area contributed by atoms with Gasteiger partial charge in [-0.15, -0.1) is 0 Å². The van der Waals surface area contributed by atoms with Gasteiger partial charge in [-0.2, -0.15) is 0 Å². The van der Waals surface area contributed by atoms with Crippen molar-refractivity contribution in [3.63, 3.8) is 0 Å². The van der Waals surface area contributed by atoms with Crippen LogP contribution in [0.25, 0.3) is 33.4 Å². The predicted octanol–water partition coefficient (Wildman–Crippen LogP) is 5.41. The van der Waals surface area contributed by atoms with E-state index < -0.39 is 45.7 Å². The van der Waals surface area contributed by atoms with Gasteiger partial charge in [-0.3, -0.25) is 9.13 Å². The molecule has 14 nitrogen and oxygen atoms in total. The molecule has 1 aliphatic heterocycles. The number of aromatic nitrogens is 4.